The highest BCUT2D eigenvalue weighted by molar-refractivity contribution is 8.14. The van der Waals surface area contributed by atoms with E-state index >= 15 is 0 Å². The molecule has 6 heteroatoms. The van der Waals surface area contributed by atoms with Gasteiger partial charge in [0.15, 0.2) is 5.17 Å². The van der Waals surface area contributed by atoms with Gasteiger partial charge in [0, 0.05) is 11.8 Å². The first kappa shape index (κ1) is 16.3. The molecule has 21 heavy (non-hydrogen) atoms. The van der Waals surface area contributed by atoms with Gasteiger partial charge in [-0.2, -0.15) is 0 Å². The lowest BCUT2D eigenvalue weighted by Gasteiger charge is -2.13. The fourth-order valence-electron chi connectivity index (χ4n) is 2.22. The van der Waals surface area contributed by atoms with Crippen molar-refractivity contribution >= 4 is 34.2 Å². The lowest BCUT2D eigenvalue weighted by molar-refractivity contribution is 0.396. The van der Waals surface area contributed by atoms with Crippen molar-refractivity contribution in [2.75, 3.05) is 25.3 Å². The maximum atomic E-state index is 6.17. The average molecular weight is 329 g/mol. The Hall–Kier alpha value is -1.07. The van der Waals surface area contributed by atoms with Crippen molar-refractivity contribution in [1.82, 2.24) is 0 Å². The maximum Gasteiger partial charge on any atom is 0.161 e. The van der Waals surface area contributed by atoms with Crippen molar-refractivity contribution in [2.45, 2.75) is 26.3 Å². The molecule has 1 aromatic carbocycles. The molecule has 1 N–H and O–H groups in total. The zero-order valence-electron chi connectivity index (χ0n) is 12.8. The fraction of sp³-hybridized carbons (Fsp3) is 0.533. The summed E-state index contributed by atoms with van der Waals surface area (Å²) in [7, 11) is 3.21. The quantitative estimate of drug-likeness (QED) is 0.875. The van der Waals surface area contributed by atoms with Crippen molar-refractivity contribution in [2.24, 2.45) is 10.9 Å². The number of anilines is 1. The van der Waals surface area contributed by atoms with Gasteiger partial charge >= 0.3 is 0 Å². The number of amidine groups is 1. The normalized spacial score (nSPS) is 17.8. The second-order valence-electron chi connectivity index (χ2n) is 5.34. The number of rotatable bonds is 5. The minimum Gasteiger partial charge on any atom is -0.495 e. The number of ether oxygens (including phenoxy) is 2. The second-order valence-corrected chi connectivity index (χ2v) is 6.76. The fourth-order valence-corrected chi connectivity index (χ4v) is 3.43. The Morgan fingerprint density at radius 2 is 2.05 bits per heavy atom. The van der Waals surface area contributed by atoms with Gasteiger partial charge < -0.3 is 14.8 Å². The van der Waals surface area contributed by atoms with Gasteiger partial charge in [-0.15, -0.1) is 0 Å². The van der Waals surface area contributed by atoms with Crippen molar-refractivity contribution in [3.8, 4) is 11.5 Å². The van der Waals surface area contributed by atoms with Crippen LogP contribution in [0.2, 0.25) is 5.02 Å². The predicted octanol–water partition coefficient (Wildman–Crippen LogP) is 4.29. The van der Waals surface area contributed by atoms with E-state index in [9.17, 15) is 0 Å². The number of methoxy groups -OCH3 is 2. The van der Waals surface area contributed by atoms with Gasteiger partial charge in [0.25, 0.3) is 0 Å². The van der Waals surface area contributed by atoms with E-state index in [0.717, 1.165) is 23.0 Å². The number of nitrogens with zero attached hydrogens (tertiary/aromatic N) is 1. The predicted molar refractivity (Wildman–Crippen MR) is 91.3 cm³/mol. The molecule has 0 spiro atoms. The molecule has 1 unspecified atom stereocenters. The third-order valence-corrected chi connectivity index (χ3v) is 4.50. The van der Waals surface area contributed by atoms with Crippen molar-refractivity contribution in [1.29, 1.82) is 0 Å². The Balaban J connectivity index is 2.14. The van der Waals surface area contributed by atoms with E-state index in [1.807, 2.05) is 0 Å². The van der Waals surface area contributed by atoms with Crippen LogP contribution >= 0.6 is 23.4 Å². The molecular formula is C15H21ClN2O2S. The van der Waals surface area contributed by atoms with Crippen LogP contribution in [0.15, 0.2) is 17.1 Å². The van der Waals surface area contributed by atoms with Crippen LogP contribution in [0.5, 0.6) is 11.5 Å². The topological polar surface area (TPSA) is 42.9 Å². The molecule has 0 saturated heterocycles. The number of thioether (sulfide) groups is 1. The van der Waals surface area contributed by atoms with Gasteiger partial charge in [0.05, 0.1) is 31.0 Å². The Labute approximate surface area is 135 Å². The SMILES string of the molecule is COc1cc(OC)c(NC2=NC(CC(C)C)CS2)cc1Cl. The Kier molecular flexibility index (Phi) is 5.65. The lowest BCUT2D eigenvalue weighted by atomic mass is 10.1. The van der Waals surface area contributed by atoms with Crippen LogP contribution in [0, 0.1) is 5.92 Å². The van der Waals surface area contributed by atoms with E-state index in [1.54, 1.807) is 38.1 Å². The number of halogens is 1. The molecule has 116 valence electrons. The number of hydrogen-bond acceptors (Lipinski definition) is 5. The molecule has 0 saturated carbocycles. The Morgan fingerprint density at radius 3 is 2.67 bits per heavy atom. The van der Waals surface area contributed by atoms with Gasteiger partial charge in [-0.25, -0.2) is 0 Å². The summed E-state index contributed by atoms with van der Waals surface area (Å²) in [5.74, 6) is 2.96. The van der Waals surface area contributed by atoms with Crippen LogP contribution < -0.4 is 14.8 Å². The van der Waals surface area contributed by atoms with Crippen molar-refractivity contribution in [3.05, 3.63) is 17.2 Å². The summed E-state index contributed by atoms with van der Waals surface area (Å²) in [4.78, 5) is 4.71. The molecule has 1 aliphatic rings. The number of benzene rings is 1. The summed E-state index contributed by atoms with van der Waals surface area (Å²) >= 11 is 7.91. The van der Waals surface area contributed by atoms with Gasteiger partial charge in [-0.1, -0.05) is 37.2 Å². The molecule has 1 atom stereocenters. The van der Waals surface area contributed by atoms with E-state index in [1.165, 1.54) is 0 Å². The van der Waals surface area contributed by atoms with Crippen molar-refractivity contribution in [3.63, 3.8) is 0 Å². The molecule has 4 nitrogen and oxygen atoms in total. The largest absolute Gasteiger partial charge is 0.495 e. The van der Waals surface area contributed by atoms with Crippen LogP contribution in [-0.4, -0.2) is 31.2 Å². The van der Waals surface area contributed by atoms with E-state index in [2.05, 4.69) is 19.2 Å². The molecule has 0 bridgehead atoms. The van der Waals surface area contributed by atoms with Gasteiger partial charge in [-0.05, 0) is 18.4 Å². The maximum absolute atomic E-state index is 6.17. The number of aliphatic imine (C=N–C) groups is 1. The van der Waals surface area contributed by atoms with E-state index in [0.29, 0.717) is 28.5 Å². The molecule has 0 radical (unpaired) electrons. The molecule has 2 rings (SSSR count). The number of nitrogens with one attached hydrogen (secondary N) is 1. The molecule has 0 aromatic heterocycles. The second kappa shape index (κ2) is 7.27. The van der Waals surface area contributed by atoms with Gasteiger partial charge in [0.1, 0.15) is 11.5 Å². The lowest BCUT2D eigenvalue weighted by Crippen LogP contribution is -2.08. The standard InChI is InChI=1S/C15H21ClN2O2S/c1-9(2)5-10-8-21-15(17-10)18-12-6-11(16)13(19-3)7-14(12)20-4/h6-7,9-10H,5,8H2,1-4H3,(H,17,18). The third kappa shape index (κ3) is 4.20. The average Bonchev–Trinajstić information content (AvgIpc) is 2.85. The van der Waals surface area contributed by atoms with Crippen LogP contribution in [0.3, 0.4) is 0 Å². The first-order valence-electron chi connectivity index (χ1n) is 6.92. The highest BCUT2D eigenvalue weighted by Gasteiger charge is 2.20. The van der Waals surface area contributed by atoms with Crippen LogP contribution in [-0.2, 0) is 0 Å². The van der Waals surface area contributed by atoms with E-state index in [-0.39, 0.29) is 0 Å². The van der Waals surface area contributed by atoms with Crippen molar-refractivity contribution < 1.29 is 9.47 Å². The summed E-state index contributed by atoms with van der Waals surface area (Å²) in [5, 5.41) is 4.77. The first-order chi connectivity index (χ1) is 10.0. The van der Waals surface area contributed by atoms with E-state index < -0.39 is 0 Å². The minimum atomic E-state index is 0.386. The highest BCUT2D eigenvalue weighted by atomic mass is 35.5. The summed E-state index contributed by atoms with van der Waals surface area (Å²) in [6.45, 7) is 4.44. The molecule has 1 aromatic rings. The van der Waals surface area contributed by atoms with Gasteiger partial charge in [0.2, 0.25) is 0 Å². The minimum absolute atomic E-state index is 0.386. The molecule has 1 aliphatic heterocycles. The molecule has 0 aliphatic carbocycles. The van der Waals surface area contributed by atoms with Crippen LogP contribution in [0.4, 0.5) is 5.69 Å². The Bertz CT molecular complexity index is 535. The third-order valence-electron chi connectivity index (χ3n) is 3.17. The first-order valence-corrected chi connectivity index (χ1v) is 8.29. The smallest absolute Gasteiger partial charge is 0.161 e. The summed E-state index contributed by atoms with van der Waals surface area (Å²) in [5.41, 5.74) is 0.805. The van der Waals surface area contributed by atoms with Crippen LogP contribution in [0.1, 0.15) is 20.3 Å². The summed E-state index contributed by atoms with van der Waals surface area (Å²) in [6.07, 6.45) is 1.11. The monoisotopic (exact) mass is 328 g/mol. The van der Waals surface area contributed by atoms with E-state index in [4.69, 9.17) is 26.1 Å². The van der Waals surface area contributed by atoms with Gasteiger partial charge in [-0.3, -0.25) is 4.99 Å². The zero-order valence-corrected chi connectivity index (χ0v) is 14.3. The Morgan fingerprint density at radius 1 is 1.33 bits per heavy atom. The summed E-state index contributed by atoms with van der Waals surface area (Å²) in [6, 6.07) is 3.96. The summed E-state index contributed by atoms with van der Waals surface area (Å²) < 4.78 is 10.6. The zero-order chi connectivity index (χ0) is 15.4. The highest BCUT2D eigenvalue weighted by Crippen LogP contribution is 2.37. The molecular weight excluding hydrogens is 308 g/mol. The van der Waals surface area contributed by atoms with Crippen LogP contribution in [0.25, 0.3) is 0 Å². The molecule has 0 amide bonds. The molecule has 0 fully saturated rings. The number of hydrogen-bond donors (Lipinski definition) is 1. The molecule has 1 heterocycles.